The molecule has 2 amide bonds. The fourth-order valence-corrected chi connectivity index (χ4v) is 3.64. The molecule has 0 bridgehead atoms. The Kier molecular flexibility index (Phi) is 8.05. The van der Waals surface area contributed by atoms with Gasteiger partial charge in [-0.05, 0) is 34.1 Å². The van der Waals surface area contributed by atoms with Crippen molar-refractivity contribution >= 4 is 18.0 Å². The fraction of sp³-hybridized carbons (Fsp3) is 0.750. The third-order valence-corrected chi connectivity index (χ3v) is 4.89. The highest BCUT2D eigenvalue weighted by molar-refractivity contribution is 5.87. The van der Waals surface area contributed by atoms with E-state index >= 15 is 0 Å². The van der Waals surface area contributed by atoms with Crippen molar-refractivity contribution in [3.63, 3.8) is 0 Å². The van der Waals surface area contributed by atoms with E-state index in [2.05, 4.69) is 10.6 Å². The van der Waals surface area contributed by atoms with E-state index in [9.17, 15) is 19.5 Å². The summed E-state index contributed by atoms with van der Waals surface area (Å²) in [5.74, 6) is -1.76. The second kappa shape index (κ2) is 9.41. The largest absolute Gasteiger partial charge is 0.478 e. The second-order valence-corrected chi connectivity index (χ2v) is 8.48. The highest BCUT2D eigenvalue weighted by Crippen LogP contribution is 2.35. The molecule has 0 fully saturated rings. The number of hydrogen-bond acceptors (Lipinski definition) is 5. The number of carboxylic acid groups (broad SMARTS) is 1. The predicted molar refractivity (Wildman–Crippen MR) is 105 cm³/mol. The van der Waals surface area contributed by atoms with Crippen LogP contribution in [0.1, 0.15) is 60.8 Å². The molecule has 160 valence electrons. The molecule has 8 heteroatoms. The minimum atomic E-state index is -1.05. The third-order valence-electron chi connectivity index (χ3n) is 4.89. The minimum Gasteiger partial charge on any atom is -0.478 e. The van der Waals surface area contributed by atoms with Crippen LogP contribution in [0, 0.1) is 5.92 Å². The molecule has 0 aliphatic heterocycles. The highest BCUT2D eigenvalue weighted by atomic mass is 16.6. The summed E-state index contributed by atoms with van der Waals surface area (Å²) in [6.07, 6.45) is 2.59. The van der Waals surface area contributed by atoms with Crippen molar-refractivity contribution in [1.82, 2.24) is 10.6 Å². The molecule has 0 radical (unpaired) electrons. The van der Waals surface area contributed by atoms with Gasteiger partial charge in [-0.1, -0.05) is 19.4 Å². The van der Waals surface area contributed by atoms with Crippen molar-refractivity contribution < 1.29 is 29.0 Å². The maximum Gasteiger partial charge on any atom is 0.407 e. The van der Waals surface area contributed by atoms with Gasteiger partial charge in [0.05, 0.1) is 11.6 Å². The topological polar surface area (TPSA) is 114 Å². The van der Waals surface area contributed by atoms with Crippen molar-refractivity contribution in [2.24, 2.45) is 5.92 Å². The first-order valence-corrected chi connectivity index (χ1v) is 9.58. The van der Waals surface area contributed by atoms with E-state index in [-0.39, 0.29) is 17.9 Å². The molecule has 3 N–H and O–H groups in total. The van der Waals surface area contributed by atoms with Crippen LogP contribution in [0.3, 0.4) is 0 Å². The molecule has 0 aromatic heterocycles. The molecule has 0 aromatic rings. The first kappa shape index (κ1) is 23.9. The molecular formula is C20H34N2O6. The average molecular weight is 399 g/mol. The lowest BCUT2D eigenvalue weighted by molar-refractivity contribution is -0.132. The number of ether oxygens (including phenoxy) is 2. The smallest absolute Gasteiger partial charge is 0.407 e. The summed E-state index contributed by atoms with van der Waals surface area (Å²) >= 11 is 0. The van der Waals surface area contributed by atoms with Gasteiger partial charge >= 0.3 is 12.1 Å². The van der Waals surface area contributed by atoms with Gasteiger partial charge in [0, 0.05) is 38.0 Å². The predicted octanol–water partition coefficient (Wildman–Crippen LogP) is 2.62. The van der Waals surface area contributed by atoms with Gasteiger partial charge in [0.1, 0.15) is 5.60 Å². The van der Waals surface area contributed by atoms with E-state index in [0.717, 1.165) is 6.42 Å². The van der Waals surface area contributed by atoms with Crippen molar-refractivity contribution in [2.75, 3.05) is 7.11 Å². The van der Waals surface area contributed by atoms with E-state index in [1.54, 1.807) is 34.0 Å². The Bertz CT molecular complexity index is 625. The van der Waals surface area contributed by atoms with Crippen LogP contribution in [-0.4, -0.2) is 53.5 Å². The van der Waals surface area contributed by atoms with E-state index in [1.165, 1.54) is 6.92 Å². The summed E-state index contributed by atoms with van der Waals surface area (Å²) in [6, 6.07) is -1.06. The van der Waals surface area contributed by atoms with Crippen LogP contribution in [0.25, 0.3) is 0 Å². The molecule has 4 unspecified atom stereocenters. The number of methoxy groups -OCH3 is 1. The number of carbonyl (C=O) groups is 3. The minimum absolute atomic E-state index is 0.140. The molecule has 1 rings (SSSR count). The summed E-state index contributed by atoms with van der Waals surface area (Å²) in [6.45, 7) is 10.6. The summed E-state index contributed by atoms with van der Waals surface area (Å²) in [5, 5.41) is 15.2. The van der Waals surface area contributed by atoms with Crippen molar-refractivity contribution in [3.05, 3.63) is 11.6 Å². The monoisotopic (exact) mass is 398 g/mol. The summed E-state index contributed by atoms with van der Waals surface area (Å²) in [5.41, 5.74) is -1.22. The molecule has 4 atom stereocenters. The maximum absolute atomic E-state index is 12.3. The van der Waals surface area contributed by atoms with Crippen LogP contribution in [-0.2, 0) is 19.1 Å². The number of aliphatic carboxylic acids is 1. The van der Waals surface area contributed by atoms with Gasteiger partial charge in [-0.25, -0.2) is 9.59 Å². The SMILES string of the molecule is CCCC(C)(OC)C(NC(C)=O)C1C=C(C(=O)O)CC1NC(=O)OC(C)(C)C. The number of alkyl carbamates (subject to hydrolysis) is 1. The standard InChI is InChI=1S/C20H34N2O6/c1-8-9-20(6,27-7)16(21-12(2)23)14-10-13(17(24)25)11-15(14)22-18(26)28-19(3,4)5/h10,14-16H,8-9,11H2,1-7H3,(H,21,23)(H,22,26)(H,24,25). The molecule has 0 heterocycles. The van der Waals surface area contributed by atoms with Gasteiger partial charge in [-0.3, -0.25) is 4.79 Å². The third kappa shape index (κ3) is 6.51. The van der Waals surface area contributed by atoms with Crippen molar-refractivity contribution in [3.8, 4) is 0 Å². The number of rotatable bonds is 8. The normalized spacial score (nSPS) is 22.6. The molecule has 0 aromatic carbocycles. The molecule has 1 aliphatic rings. The fourth-order valence-electron chi connectivity index (χ4n) is 3.64. The van der Waals surface area contributed by atoms with E-state index in [4.69, 9.17) is 9.47 Å². The Morgan fingerprint density at radius 1 is 1.29 bits per heavy atom. The quantitative estimate of drug-likeness (QED) is 0.579. The number of hydrogen-bond donors (Lipinski definition) is 3. The number of amides is 2. The molecule has 0 spiro atoms. The van der Waals surface area contributed by atoms with Gasteiger partial charge in [0.25, 0.3) is 0 Å². The van der Waals surface area contributed by atoms with Gasteiger partial charge in [-0.2, -0.15) is 0 Å². The molecule has 0 saturated heterocycles. The van der Waals surface area contributed by atoms with Crippen LogP contribution >= 0.6 is 0 Å². The van der Waals surface area contributed by atoms with Crippen molar-refractivity contribution in [2.45, 2.75) is 84.1 Å². The van der Waals surface area contributed by atoms with Gasteiger partial charge < -0.3 is 25.2 Å². The lowest BCUT2D eigenvalue weighted by atomic mass is 9.80. The lowest BCUT2D eigenvalue weighted by Gasteiger charge is -2.41. The molecular weight excluding hydrogens is 364 g/mol. The molecule has 28 heavy (non-hydrogen) atoms. The maximum atomic E-state index is 12.3. The molecule has 0 saturated carbocycles. The summed E-state index contributed by atoms with van der Waals surface area (Å²) in [7, 11) is 1.57. The zero-order valence-corrected chi connectivity index (χ0v) is 17.9. The Morgan fingerprint density at radius 2 is 1.89 bits per heavy atom. The zero-order chi connectivity index (χ0) is 21.7. The lowest BCUT2D eigenvalue weighted by Crippen LogP contribution is -2.59. The van der Waals surface area contributed by atoms with Gasteiger partial charge in [0.2, 0.25) is 5.91 Å². The first-order valence-electron chi connectivity index (χ1n) is 9.58. The highest BCUT2D eigenvalue weighted by Gasteiger charge is 2.45. The summed E-state index contributed by atoms with van der Waals surface area (Å²) in [4.78, 5) is 35.8. The van der Waals surface area contributed by atoms with E-state index in [1.807, 2.05) is 13.8 Å². The second-order valence-electron chi connectivity index (χ2n) is 8.48. The Hall–Kier alpha value is -2.09. The zero-order valence-electron chi connectivity index (χ0n) is 17.9. The van der Waals surface area contributed by atoms with Crippen LogP contribution in [0.2, 0.25) is 0 Å². The number of nitrogens with one attached hydrogen (secondary N) is 2. The summed E-state index contributed by atoms with van der Waals surface area (Å²) < 4.78 is 11.1. The average Bonchev–Trinajstić information content (AvgIpc) is 2.94. The molecule has 1 aliphatic carbocycles. The van der Waals surface area contributed by atoms with Gasteiger partial charge in [-0.15, -0.1) is 0 Å². The van der Waals surface area contributed by atoms with Crippen LogP contribution < -0.4 is 10.6 Å². The number of carbonyl (C=O) groups excluding carboxylic acids is 2. The Labute approximate surface area is 167 Å². The Balaban J connectivity index is 3.24. The number of carboxylic acids is 1. The van der Waals surface area contributed by atoms with E-state index in [0.29, 0.717) is 6.42 Å². The van der Waals surface area contributed by atoms with Crippen LogP contribution in [0.4, 0.5) is 4.79 Å². The van der Waals surface area contributed by atoms with Crippen LogP contribution in [0.5, 0.6) is 0 Å². The van der Waals surface area contributed by atoms with E-state index < -0.39 is 41.3 Å². The van der Waals surface area contributed by atoms with Gasteiger partial charge in [0.15, 0.2) is 0 Å². The van der Waals surface area contributed by atoms with Crippen LogP contribution in [0.15, 0.2) is 11.6 Å². The molecule has 8 nitrogen and oxygen atoms in total. The first-order chi connectivity index (χ1) is 12.8. The van der Waals surface area contributed by atoms with Crippen molar-refractivity contribution in [1.29, 1.82) is 0 Å². The Morgan fingerprint density at radius 3 is 2.32 bits per heavy atom.